The Labute approximate surface area is 86.6 Å². The van der Waals surface area contributed by atoms with Crippen molar-refractivity contribution in [3.8, 4) is 0 Å². The zero-order valence-corrected chi connectivity index (χ0v) is 9.34. The lowest BCUT2D eigenvalue weighted by atomic mass is 10.2. The molecule has 0 aliphatic carbocycles. The van der Waals surface area contributed by atoms with Gasteiger partial charge in [-0.2, -0.15) is 5.10 Å². The lowest BCUT2D eigenvalue weighted by Gasteiger charge is -2.10. The summed E-state index contributed by atoms with van der Waals surface area (Å²) in [6.07, 6.45) is 4.47. The van der Waals surface area contributed by atoms with Gasteiger partial charge in [-0.25, -0.2) is 0 Å². The quantitative estimate of drug-likeness (QED) is 0.858. The molecular weight excluding hydrogens is 230 g/mol. The van der Waals surface area contributed by atoms with E-state index in [0.29, 0.717) is 6.04 Å². The van der Waals surface area contributed by atoms with E-state index in [-0.39, 0.29) is 0 Å². The maximum atomic E-state index is 4.31. The monoisotopic (exact) mass is 243 g/mol. The highest BCUT2D eigenvalue weighted by Crippen LogP contribution is 2.16. The fraction of sp³-hybridized carbons (Fsp3) is 0.667. The van der Waals surface area contributed by atoms with Gasteiger partial charge in [-0.05, 0) is 42.2 Å². The first kappa shape index (κ1) is 9.21. The van der Waals surface area contributed by atoms with Crippen LogP contribution in [0.3, 0.4) is 0 Å². The summed E-state index contributed by atoms with van der Waals surface area (Å²) in [5.41, 5.74) is 1.21. The molecular formula is C9H14BrN3. The van der Waals surface area contributed by atoms with Gasteiger partial charge in [0.2, 0.25) is 0 Å². The summed E-state index contributed by atoms with van der Waals surface area (Å²) < 4.78 is 3.14. The van der Waals surface area contributed by atoms with Gasteiger partial charge in [0.05, 0.1) is 12.7 Å². The maximum Gasteiger partial charge on any atom is 0.107 e. The van der Waals surface area contributed by atoms with Gasteiger partial charge in [-0.3, -0.25) is 4.68 Å². The molecule has 1 atom stereocenters. The van der Waals surface area contributed by atoms with Crippen molar-refractivity contribution in [1.29, 1.82) is 0 Å². The van der Waals surface area contributed by atoms with Crippen molar-refractivity contribution >= 4 is 15.9 Å². The summed E-state index contributed by atoms with van der Waals surface area (Å²) in [5, 5.41) is 7.77. The van der Waals surface area contributed by atoms with Crippen LogP contribution >= 0.6 is 15.9 Å². The molecule has 0 aromatic carbocycles. The van der Waals surface area contributed by atoms with Gasteiger partial charge in [0.1, 0.15) is 4.60 Å². The molecule has 1 fully saturated rings. The Morgan fingerprint density at radius 1 is 1.77 bits per heavy atom. The minimum atomic E-state index is 0.607. The molecule has 3 nitrogen and oxygen atoms in total. The Morgan fingerprint density at radius 3 is 3.15 bits per heavy atom. The Balaban J connectivity index is 2.04. The summed E-state index contributed by atoms with van der Waals surface area (Å²) >= 11 is 3.53. The van der Waals surface area contributed by atoms with Crippen LogP contribution in [0, 0.1) is 6.92 Å². The molecule has 1 aromatic heterocycles. The number of halogens is 1. The first-order valence-corrected chi connectivity index (χ1v) is 5.48. The second-order valence-electron chi connectivity index (χ2n) is 3.59. The minimum absolute atomic E-state index is 0.607. The number of rotatable bonds is 2. The van der Waals surface area contributed by atoms with Gasteiger partial charge in [-0.15, -0.1) is 0 Å². The van der Waals surface area contributed by atoms with Crippen molar-refractivity contribution in [3.63, 3.8) is 0 Å². The van der Waals surface area contributed by atoms with Crippen molar-refractivity contribution < 1.29 is 0 Å². The molecule has 1 aliphatic rings. The Morgan fingerprint density at radius 2 is 2.62 bits per heavy atom. The van der Waals surface area contributed by atoms with E-state index in [9.17, 15) is 0 Å². The van der Waals surface area contributed by atoms with Crippen LogP contribution in [0.5, 0.6) is 0 Å². The van der Waals surface area contributed by atoms with Gasteiger partial charge in [-0.1, -0.05) is 0 Å². The molecule has 0 radical (unpaired) electrons. The predicted octanol–water partition coefficient (Wildman–Crippen LogP) is 1.71. The summed E-state index contributed by atoms with van der Waals surface area (Å²) in [5.74, 6) is 0. The van der Waals surface area contributed by atoms with E-state index in [2.05, 4.69) is 33.3 Å². The van der Waals surface area contributed by atoms with E-state index in [1.807, 2.05) is 10.9 Å². The number of aromatic nitrogens is 2. The molecule has 0 amide bonds. The molecule has 13 heavy (non-hydrogen) atoms. The van der Waals surface area contributed by atoms with Crippen LogP contribution in [-0.2, 0) is 6.54 Å². The molecule has 4 heteroatoms. The first-order chi connectivity index (χ1) is 6.27. The van der Waals surface area contributed by atoms with Crippen LogP contribution in [0.1, 0.15) is 18.4 Å². The lowest BCUT2D eigenvalue weighted by Crippen LogP contribution is -2.27. The number of hydrogen-bond donors (Lipinski definition) is 1. The average Bonchev–Trinajstić information content (AvgIpc) is 2.71. The van der Waals surface area contributed by atoms with Crippen LogP contribution in [-0.4, -0.2) is 22.4 Å². The van der Waals surface area contributed by atoms with Crippen molar-refractivity contribution in [1.82, 2.24) is 15.1 Å². The normalized spacial score (nSPS) is 22.5. The van der Waals surface area contributed by atoms with Crippen molar-refractivity contribution in [2.75, 3.05) is 6.54 Å². The summed E-state index contributed by atoms with van der Waals surface area (Å²) in [6.45, 7) is 4.20. The molecule has 72 valence electrons. The van der Waals surface area contributed by atoms with Crippen LogP contribution < -0.4 is 5.32 Å². The fourth-order valence-electron chi connectivity index (χ4n) is 1.71. The third-order valence-corrected chi connectivity index (χ3v) is 3.53. The van der Waals surface area contributed by atoms with E-state index in [4.69, 9.17) is 0 Å². The molecule has 0 spiro atoms. The van der Waals surface area contributed by atoms with Gasteiger partial charge in [0.15, 0.2) is 0 Å². The Hall–Kier alpha value is -0.350. The number of nitrogens with one attached hydrogen (secondary N) is 1. The number of nitrogens with zero attached hydrogens (tertiary/aromatic N) is 2. The van der Waals surface area contributed by atoms with E-state index >= 15 is 0 Å². The highest BCUT2D eigenvalue weighted by atomic mass is 79.9. The number of hydrogen-bond acceptors (Lipinski definition) is 2. The Kier molecular flexibility index (Phi) is 2.69. The lowest BCUT2D eigenvalue weighted by molar-refractivity contribution is 0.470. The van der Waals surface area contributed by atoms with Crippen LogP contribution in [0.2, 0.25) is 0 Å². The molecule has 1 saturated heterocycles. The van der Waals surface area contributed by atoms with E-state index in [0.717, 1.165) is 17.7 Å². The molecule has 1 aliphatic heterocycles. The maximum absolute atomic E-state index is 4.31. The van der Waals surface area contributed by atoms with Crippen LogP contribution in [0.15, 0.2) is 10.8 Å². The first-order valence-electron chi connectivity index (χ1n) is 4.68. The second kappa shape index (κ2) is 3.80. The fourth-order valence-corrected chi connectivity index (χ4v) is 2.05. The standard InChI is InChI=1S/C9H14BrN3/c1-7-5-12-13(9(7)10)6-8-3-2-4-11-8/h5,8,11H,2-4,6H2,1H3. The van der Waals surface area contributed by atoms with E-state index in [1.165, 1.54) is 18.4 Å². The summed E-state index contributed by atoms with van der Waals surface area (Å²) in [4.78, 5) is 0. The van der Waals surface area contributed by atoms with Gasteiger partial charge >= 0.3 is 0 Å². The van der Waals surface area contributed by atoms with E-state index in [1.54, 1.807) is 0 Å². The third kappa shape index (κ3) is 1.94. The van der Waals surface area contributed by atoms with Gasteiger partial charge in [0.25, 0.3) is 0 Å². The summed E-state index contributed by atoms with van der Waals surface area (Å²) in [6, 6.07) is 0.607. The predicted molar refractivity (Wildman–Crippen MR) is 55.7 cm³/mol. The van der Waals surface area contributed by atoms with Gasteiger partial charge < -0.3 is 5.32 Å². The van der Waals surface area contributed by atoms with Crippen LogP contribution in [0.4, 0.5) is 0 Å². The average molecular weight is 244 g/mol. The van der Waals surface area contributed by atoms with Crippen molar-refractivity contribution in [2.24, 2.45) is 0 Å². The van der Waals surface area contributed by atoms with Crippen molar-refractivity contribution in [2.45, 2.75) is 32.4 Å². The summed E-state index contributed by atoms with van der Waals surface area (Å²) in [7, 11) is 0. The largest absolute Gasteiger partial charge is 0.312 e. The minimum Gasteiger partial charge on any atom is -0.312 e. The molecule has 2 heterocycles. The highest BCUT2D eigenvalue weighted by molar-refractivity contribution is 9.10. The Bertz CT molecular complexity index is 289. The topological polar surface area (TPSA) is 29.9 Å². The zero-order valence-electron chi connectivity index (χ0n) is 7.76. The smallest absolute Gasteiger partial charge is 0.107 e. The molecule has 2 rings (SSSR count). The molecule has 1 aromatic rings. The van der Waals surface area contributed by atoms with Crippen LogP contribution in [0.25, 0.3) is 0 Å². The molecule has 1 unspecified atom stereocenters. The SMILES string of the molecule is Cc1cnn(CC2CCCN2)c1Br. The highest BCUT2D eigenvalue weighted by Gasteiger charge is 2.16. The third-order valence-electron chi connectivity index (χ3n) is 2.50. The zero-order chi connectivity index (χ0) is 9.26. The molecule has 0 saturated carbocycles. The number of aryl methyl sites for hydroxylation is 1. The van der Waals surface area contributed by atoms with E-state index < -0.39 is 0 Å². The molecule has 0 bridgehead atoms. The van der Waals surface area contributed by atoms with Gasteiger partial charge in [0, 0.05) is 11.6 Å². The molecule has 1 N–H and O–H groups in total. The van der Waals surface area contributed by atoms with Crippen molar-refractivity contribution in [3.05, 3.63) is 16.4 Å². The second-order valence-corrected chi connectivity index (χ2v) is 4.34.